The molecule has 1 rings (SSSR count). The zero-order chi connectivity index (χ0) is 12.5. The summed E-state index contributed by atoms with van der Waals surface area (Å²) >= 11 is 1.73. The molecule has 0 aliphatic carbocycles. The molecule has 0 aliphatic heterocycles. The van der Waals surface area contributed by atoms with Crippen molar-refractivity contribution in [1.82, 2.24) is 5.43 Å². The van der Waals surface area contributed by atoms with E-state index < -0.39 is 0 Å². The second kappa shape index (κ2) is 8.11. The molecule has 0 aliphatic rings. The SMILES string of the molecule is NCCCSCC(C(=O)NN)c1ccccc1. The number of hydrazine groups is 1. The molecule has 0 saturated carbocycles. The molecule has 1 unspecified atom stereocenters. The molecular weight excluding hydrogens is 234 g/mol. The molecule has 1 amide bonds. The van der Waals surface area contributed by atoms with Gasteiger partial charge in [0.2, 0.25) is 5.91 Å². The maximum atomic E-state index is 11.7. The van der Waals surface area contributed by atoms with Crippen molar-refractivity contribution in [1.29, 1.82) is 0 Å². The molecule has 94 valence electrons. The van der Waals surface area contributed by atoms with Crippen molar-refractivity contribution in [2.75, 3.05) is 18.1 Å². The van der Waals surface area contributed by atoms with Gasteiger partial charge in [0.15, 0.2) is 0 Å². The maximum absolute atomic E-state index is 11.7. The number of thioether (sulfide) groups is 1. The number of nitrogens with two attached hydrogens (primary N) is 2. The minimum absolute atomic E-state index is 0.142. The molecule has 1 aromatic carbocycles. The van der Waals surface area contributed by atoms with Crippen LogP contribution in [0.5, 0.6) is 0 Å². The van der Waals surface area contributed by atoms with Gasteiger partial charge in [0.25, 0.3) is 0 Å². The maximum Gasteiger partial charge on any atom is 0.242 e. The van der Waals surface area contributed by atoms with E-state index in [9.17, 15) is 4.79 Å². The fourth-order valence-corrected chi connectivity index (χ4v) is 2.61. The van der Waals surface area contributed by atoms with Gasteiger partial charge in [-0.05, 0) is 24.3 Å². The predicted octanol–water partition coefficient (Wildman–Crippen LogP) is 0.842. The van der Waals surface area contributed by atoms with Gasteiger partial charge in [-0.25, -0.2) is 5.84 Å². The lowest BCUT2D eigenvalue weighted by molar-refractivity contribution is -0.122. The van der Waals surface area contributed by atoms with Crippen molar-refractivity contribution in [2.45, 2.75) is 12.3 Å². The van der Waals surface area contributed by atoms with Crippen LogP contribution in [-0.2, 0) is 4.79 Å². The van der Waals surface area contributed by atoms with Crippen molar-refractivity contribution in [3.05, 3.63) is 35.9 Å². The summed E-state index contributed by atoms with van der Waals surface area (Å²) < 4.78 is 0. The molecule has 4 nitrogen and oxygen atoms in total. The first-order chi connectivity index (χ1) is 8.29. The number of benzene rings is 1. The molecule has 0 fully saturated rings. The third-order valence-electron chi connectivity index (χ3n) is 2.44. The Hall–Kier alpha value is -1.04. The highest BCUT2D eigenvalue weighted by atomic mass is 32.2. The first-order valence-electron chi connectivity index (χ1n) is 5.62. The van der Waals surface area contributed by atoms with E-state index in [1.54, 1.807) is 11.8 Å². The number of nitrogens with one attached hydrogen (secondary N) is 1. The van der Waals surface area contributed by atoms with Crippen LogP contribution < -0.4 is 17.0 Å². The number of rotatable bonds is 7. The summed E-state index contributed by atoms with van der Waals surface area (Å²) in [6.45, 7) is 0.687. The minimum Gasteiger partial charge on any atom is -0.330 e. The highest BCUT2D eigenvalue weighted by Crippen LogP contribution is 2.21. The van der Waals surface area contributed by atoms with Gasteiger partial charge in [0, 0.05) is 5.75 Å². The summed E-state index contributed by atoms with van der Waals surface area (Å²) in [4.78, 5) is 11.7. The smallest absolute Gasteiger partial charge is 0.242 e. The number of hydrogen-bond acceptors (Lipinski definition) is 4. The summed E-state index contributed by atoms with van der Waals surface area (Å²) in [5, 5.41) is 0. The van der Waals surface area contributed by atoms with Gasteiger partial charge >= 0.3 is 0 Å². The fraction of sp³-hybridized carbons (Fsp3) is 0.417. The monoisotopic (exact) mass is 253 g/mol. The Kier molecular flexibility index (Phi) is 6.69. The van der Waals surface area contributed by atoms with Crippen molar-refractivity contribution < 1.29 is 4.79 Å². The van der Waals surface area contributed by atoms with E-state index in [0.717, 1.165) is 23.5 Å². The Balaban J connectivity index is 2.59. The Morgan fingerprint density at radius 1 is 1.35 bits per heavy atom. The average molecular weight is 253 g/mol. The van der Waals surface area contributed by atoms with Gasteiger partial charge in [0.05, 0.1) is 5.92 Å². The van der Waals surface area contributed by atoms with Crippen LogP contribution in [0.1, 0.15) is 17.9 Å². The normalized spacial score (nSPS) is 12.1. The van der Waals surface area contributed by atoms with Crippen molar-refractivity contribution in [3.63, 3.8) is 0 Å². The van der Waals surface area contributed by atoms with Crippen molar-refractivity contribution in [2.24, 2.45) is 11.6 Å². The summed E-state index contributed by atoms with van der Waals surface area (Å²) in [6, 6.07) is 9.68. The van der Waals surface area contributed by atoms with E-state index in [-0.39, 0.29) is 11.8 Å². The van der Waals surface area contributed by atoms with E-state index >= 15 is 0 Å². The lowest BCUT2D eigenvalue weighted by atomic mass is 10.0. The average Bonchev–Trinajstić information content (AvgIpc) is 2.39. The molecule has 0 radical (unpaired) electrons. The Labute approximate surface area is 106 Å². The molecule has 5 N–H and O–H groups in total. The van der Waals surface area contributed by atoms with Crippen LogP contribution in [0.3, 0.4) is 0 Å². The zero-order valence-corrected chi connectivity index (χ0v) is 10.6. The summed E-state index contributed by atoms with van der Waals surface area (Å²) in [5.74, 6) is 6.58. The zero-order valence-electron chi connectivity index (χ0n) is 9.76. The van der Waals surface area contributed by atoms with Gasteiger partial charge in [-0.1, -0.05) is 30.3 Å². The van der Waals surface area contributed by atoms with E-state index in [0.29, 0.717) is 6.54 Å². The fourth-order valence-electron chi connectivity index (χ4n) is 1.50. The molecule has 1 atom stereocenters. The van der Waals surface area contributed by atoms with Crippen LogP contribution >= 0.6 is 11.8 Å². The lowest BCUT2D eigenvalue weighted by Gasteiger charge is -2.15. The standard InChI is InChI=1S/C12H19N3OS/c13-7-4-8-17-9-11(12(16)15-14)10-5-2-1-3-6-10/h1-3,5-6,11H,4,7-9,13-14H2,(H,15,16). The largest absolute Gasteiger partial charge is 0.330 e. The van der Waals surface area contributed by atoms with Crippen LogP contribution in [0.25, 0.3) is 0 Å². The van der Waals surface area contributed by atoms with Gasteiger partial charge in [-0.3, -0.25) is 10.2 Å². The van der Waals surface area contributed by atoms with E-state index in [1.807, 2.05) is 30.3 Å². The van der Waals surface area contributed by atoms with Crippen molar-refractivity contribution in [3.8, 4) is 0 Å². The Bertz CT molecular complexity index is 332. The number of carbonyl (C=O) groups excluding carboxylic acids is 1. The van der Waals surface area contributed by atoms with Crippen molar-refractivity contribution >= 4 is 17.7 Å². The van der Waals surface area contributed by atoms with Crippen LogP contribution in [-0.4, -0.2) is 24.0 Å². The first kappa shape index (κ1) is 14.0. The second-order valence-electron chi connectivity index (χ2n) is 3.69. The molecule has 0 spiro atoms. The number of carbonyl (C=O) groups is 1. The first-order valence-corrected chi connectivity index (χ1v) is 6.78. The van der Waals surface area contributed by atoms with Gasteiger partial charge in [0.1, 0.15) is 0 Å². The molecule has 17 heavy (non-hydrogen) atoms. The van der Waals surface area contributed by atoms with E-state index in [4.69, 9.17) is 11.6 Å². The molecule has 0 aromatic heterocycles. The topological polar surface area (TPSA) is 81.1 Å². The third kappa shape index (κ3) is 4.77. The molecular formula is C12H19N3OS. The van der Waals surface area contributed by atoms with Crippen LogP contribution in [0.15, 0.2) is 30.3 Å². The molecule has 5 heteroatoms. The van der Waals surface area contributed by atoms with E-state index in [1.165, 1.54) is 0 Å². The minimum atomic E-state index is -0.191. The van der Waals surface area contributed by atoms with Gasteiger partial charge < -0.3 is 5.73 Å². The Morgan fingerprint density at radius 3 is 2.65 bits per heavy atom. The Morgan fingerprint density at radius 2 is 2.06 bits per heavy atom. The quantitative estimate of drug-likeness (QED) is 0.291. The molecule has 0 bridgehead atoms. The van der Waals surface area contributed by atoms with Gasteiger partial charge in [-0.15, -0.1) is 0 Å². The summed E-state index contributed by atoms with van der Waals surface area (Å²) in [5.41, 5.74) is 8.65. The van der Waals surface area contributed by atoms with Crippen LogP contribution in [0.4, 0.5) is 0 Å². The summed E-state index contributed by atoms with van der Waals surface area (Å²) in [6.07, 6.45) is 0.969. The van der Waals surface area contributed by atoms with E-state index in [2.05, 4.69) is 5.43 Å². The molecule has 0 saturated heterocycles. The highest BCUT2D eigenvalue weighted by Gasteiger charge is 2.19. The molecule has 0 heterocycles. The predicted molar refractivity (Wildman–Crippen MR) is 72.5 cm³/mol. The lowest BCUT2D eigenvalue weighted by Crippen LogP contribution is -2.35. The molecule has 1 aromatic rings. The number of amides is 1. The summed E-state index contributed by atoms with van der Waals surface area (Å²) in [7, 11) is 0. The number of hydrogen-bond donors (Lipinski definition) is 3. The van der Waals surface area contributed by atoms with Crippen LogP contribution in [0, 0.1) is 0 Å². The third-order valence-corrected chi connectivity index (χ3v) is 3.58. The second-order valence-corrected chi connectivity index (χ2v) is 4.84. The van der Waals surface area contributed by atoms with Gasteiger partial charge in [-0.2, -0.15) is 11.8 Å². The highest BCUT2D eigenvalue weighted by molar-refractivity contribution is 7.99. The van der Waals surface area contributed by atoms with Crippen LogP contribution in [0.2, 0.25) is 0 Å².